The SMILES string of the molecule is Cc1nc(-c2ccnc(NC(=O)O)c2)ccc1F. The van der Waals surface area contributed by atoms with E-state index in [1.807, 2.05) is 0 Å². The first-order valence-corrected chi connectivity index (χ1v) is 5.16. The first-order valence-electron chi connectivity index (χ1n) is 5.16. The lowest BCUT2D eigenvalue weighted by molar-refractivity contribution is 0.209. The number of aryl methyl sites for hydroxylation is 1. The number of pyridine rings is 2. The first kappa shape index (κ1) is 12.0. The van der Waals surface area contributed by atoms with Gasteiger partial charge in [0.05, 0.1) is 11.4 Å². The second-order valence-corrected chi connectivity index (χ2v) is 3.62. The fourth-order valence-electron chi connectivity index (χ4n) is 1.47. The van der Waals surface area contributed by atoms with Crippen molar-refractivity contribution in [1.82, 2.24) is 9.97 Å². The predicted molar refractivity (Wildman–Crippen MR) is 63.8 cm³/mol. The van der Waals surface area contributed by atoms with Crippen LogP contribution in [0.25, 0.3) is 11.3 Å². The van der Waals surface area contributed by atoms with Gasteiger partial charge >= 0.3 is 6.09 Å². The van der Waals surface area contributed by atoms with Crippen LogP contribution in [0.3, 0.4) is 0 Å². The van der Waals surface area contributed by atoms with E-state index in [9.17, 15) is 9.18 Å². The van der Waals surface area contributed by atoms with Crippen LogP contribution >= 0.6 is 0 Å². The Kier molecular flexibility index (Phi) is 3.18. The molecule has 0 spiro atoms. The number of carboxylic acid groups (broad SMARTS) is 1. The van der Waals surface area contributed by atoms with Crippen molar-refractivity contribution in [3.8, 4) is 11.3 Å². The van der Waals surface area contributed by atoms with Crippen LogP contribution < -0.4 is 5.32 Å². The molecule has 0 atom stereocenters. The van der Waals surface area contributed by atoms with E-state index in [-0.39, 0.29) is 17.3 Å². The highest BCUT2D eigenvalue weighted by atomic mass is 19.1. The Morgan fingerprint density at radius 3 is 2.83 bits per heavy atom. The van der Waals surface area contributed by atoms with Gasteiger partial charge < -0.3 is 5.11 Å². The minimum Gasteiger partial charge on any atom is -0.465 e. The second kappa shape index (κ2) is 4.79. The van der Waals surface area contributed by atoms with Crippen LogP contribution in [0.4, 0.5) is 15.0 Å². The van der Waals surface area contributed by atoms with Crippen molar-refractivity contribution in [3.05, 3.63) is 42.0 Å². The smallest absolute Gasteiger partial charge is 0.410 e. The molecule has 0 unspecified atom stereocenters. The van der Waals surface area contributed by atoms with E-state index in [1.165, 1.54) is 24.4 Å². The molecular weight excluding hydrogens is 237 g/mol. The minimum absolute atomic E-state index is 0.198. The lowest BCUT2D eigenvalue weighted by atomic mass is 10.1. The minimum atomic E-state index is -1.19. The van der Waals surface area contributed by atoms with Gasteiger partial charge in [0.1, 0.15) is 11.6 Å². The van der Waals surface area contributed by atoms with Gasteiger partial charge in [-0.05, 0) is 31.2 Å². The third-order valence-corrected chi connectivity index (χ3v) is 2.31. The topological polar surface area (TPSA) is 75.1 Å². The van der Waals surface area contributed by atoms with Crippen molar-refractivity contribution in [3.63, 3.8) is 0 Å². The summed E-state index contributed by atoms with van der Waals surface area (Å²) in [5.74, 6) is -0.180. The van der Waals surface area contributed by atoms with Gasteiger partial charge in [-0.25, -0.2) is 14.2 Å². The standard InChI is InChI=1S/C12H10FN3O2/c1-7-9(13)2-3-10(15-7)8-4-5-14-11(6-8)16-12(17)18/h2-6H,1H3,(H,14,16)(H,17,18). The highest BCUT2D eigenvalue weighted by Crippen LogP contribution is 2.20. The molecule has 5 nitrogen and oxygen atoms in total. The Morgan fingerprint density at radius 2 is 2.17 bits per heavy atom. The van der Waals surface area contributed by atoms with E-state index in [1.54, 1.807) is 13.0 Å². The number of hydrogen-bond acceptors (Lipinski definition) is 3. The Bertz CT molecular complexity index is 602. The van der Waals surface area contributed by atoms with Crippen LogP contribution in [0.5, 0.6) is 0 Å². The number of amides is 1. The predicted octanol–water partition coefficient (Wildman–Crippen LogP) is 2.68. The molecule has 2 N–H and O–H groups in total. The van der Waals surface area contributed by atoms with Crippen molar-refractivity contribution in [2.24, 2.45) is 0 Å². The molecule has 2 rings (SSSR count). The number of nitrogens with one attached hydrogen (secondary N) is 1. The van der Waals surface area contributed by atoms with Gasteiger partial charge in [-0.1, -0.05) is 0 Å². The molecule has 0 aliphatic carbocycles. The van der Waals surface area contributed by atoms with E-state index in [4.69, 9.17) is 5.11 Å². The summed E-state index contributed by atoms with van der Waals surface area (Å²) in [5, 5.41) is 10.7. The second-order valence-electron chi connectivity index (χ2n) is 3.62. The summed E-state index contributed by atoms with van der Waals surface area (Å²) in [5.41, 5.74) is 1.51. The average molecular weight is 247 g/mol. The Morgan fingerprint density at radius 1 is 1.39 bits per heavy atom. The van der Waals surface area contributed by atoms with Crippen LogP contribution in [0.2, 0.25) is 0 Å². The fourth-order valence-corrected chi connectivity index (χ4v) is 1.47. The highest BCUT2D eigenvalue weighted by Gasteiger charge is 2.06. The van der Waals surface area contributed by atoms with Crippen molar-refractivity contribution in [1.29, 1.82) is 0 Å². The van der Waals surface area contributed by atoms with Crippen molar-refractivity contribution >= 4 is 11.9 Å². The van der Waals surface area contributed by atoms with E-state index in [2.05, 4.69) is 15.3 Å². The molecule has 2 aromatic heterocycles. The number of halogens is 1. The largest absolute Gasteiger partial charge is 0.465 e. The van der Waals surface area contributed by atoms with Gasteiger partial charge in [0, 0.05) is 11.8 Å². The Hall–Kier alpha value is -2.50. The molecule has 0 aliphatic rings. The highest BCUT2D eigenvalue weighted by molar-refractivity contribution is 5.82. The molecule has 0 aliphatic heterocycles. The summed E-state index contributed by atoms with van der Waals surface area (Å²) < 4.78 is 13.1. The third-order valence-electron chi connectivity index (χ3n) is 2.31. The molecule has 0 saturated carbocycles. The molecule has 1 amide bonds. The van der Waals surface area contributed by atoms with Crippen LogP contribution in [-0.4, -0.2) is 21.2 Å². The zero-order valence-corrected chi connectivity index (χ0v) is 9.51. The summed E-state index contributed by atoms with van der Waals surface area (Å²) in [4.78, 5) is 18.4. The van der Waals surface area contributed by atoms with E-state index < -0.39 is 6.09 Å². The molecule has 2 heterocycles. The van der Waals surface area contributed by atoms with Gasteiger partial charge in [0.2, 0.25) is 0 Å². The lowest BCUT2D eigenvalue weighted by Crippen LogP contribution is -2.08. The lowest BCUT2D eigenvalue weighted by Gasteiger charge is -2.05. The molecule has 0 radical (unpaired) electrons. The fraction of sp³-hybridized carbons (Fsp3) is 0.0833. The van der Waals surface area contributed by atoms with Crippen molar-refractivity contribution < 1.29 is 14.3 Å². The van der Waals surface area contributed by atoms with Gasteiger partial charge in [0.25, 0.3) is 0 Å². The molecule has 0 bridgehead atoms. The molecular formula is C12H10FN3O2. The Labute approximate surface area is 102 Å². The van der Waals surface area contributed by atoms with Crippen LogP contribution in [0.15, 0.2) is 30.5 Å². The van der Waals surface area contributed by atoms with Crippen LogP contribution in [0, 0.1) is 12.7 Å². The quantitative estimate of drug-likeness (QED) is 0.855. The molecule has 0 fully saturated rings. The number of rotatable bonds is 2. The van der Waals surface area contributed by atoms with E-state index in [0.29, 0.717) is 11.3 Å². The summed E-state index contributed by atoms with van der Waals surface area (Å²) in [6.07, 6.45) is 0.268. The molecule has 2 aromatic rings. The van der Waals surface area contributed by atoms with E-state index >= 15 is 0 Å². The maximum absolute atomic E-state index is 13.1. The average Bonchev–Trinajstić information content (AvgIpc) is 2.32. The monoisotopic (exact) mass is 247 g/mol. The zero-order valence-electron chi connectivity index (χ0n) is 9.51. The van der Waals surface area contributed by atoms with Gasteiger partial charge in [-0.2, -0.15) is 0 Å². The van der Waals surface area contributed by atoms with Crippen LogP contribution in [0.1, 0.15) is 5.69 Å². The number of aromatic nitrogens is 2. The first-order chi connectivity index (χ1) is 8.56. The molecule has 6 heteroatoms. The number of anilines is 1. The number of carbonyl (C=O) groups is 1. The van der Waals surface area contributed by atoms with Crippen LogP contribution in [-0.2, 0) is 0 Å². The number of hydrogen-bond donors (Lipinski definition) is 2. The summed E-state index contributed by atoms with van der Waals surface area (Å²) in [6, 6.07) is 6.06. The van der Waals surface area contributed by atoms with Gasteiger partial charge in [-0.15, -0.1) is 0 Å². The molecule has 0 saturated heterocycles. The van der Waals surface area contributed by atoms with Gasteiger partial charge in [0.15, 0.2) is 0 Å². The Balaban J connectivity index is 2.38. The van der Waals surface area contributed by atoms with E-state index in [0.717, 1.165) is 0 Å². The molecule has 92 valence electrons. The maximum atomic E-state index is 13.1. The van der Waals surface area contributed by atoms with Gasteiger partial charge in [-0.3, -0.25) is 10.3 Å². The van der Waals surface area contributed by atoms with Crippen molar-refractivity contribution in [2.75, 3.05) is 5.32 Å². The zero-order chi connectivity index (χ0) is 13.1. The normalized spacial score (nSPS) is 10.1. The molecule has 18 heavy (non-hydrogen) atoms. The number of nitrogens with zero attached hydrogens (tertiary/aromatic N) is 2. The summed E-state index contributed by atoms with van der Waals surface area (Å²) in [7, 11) is 0. The third kappa shape index (κ3) is 2.60. The molecule has 0 aromatic carbocycles. The van der Waals surface area contributed by atoms with Crippen molar-refractivity contribution in [2.45, 2.75) is 6.92 Å². The summed E-state index contributed by atoms with van der Waals surface area (Å²) >= 11 is 0. The maximum Gasteiger partial charge on any atom is 0.410 e. The summed E-state index contributed by atoms with van der Waals surface area (Å²) in [6.45, 7) is 1.57.